The maximum Gasteiger partial charge on any atom is 0.310 e. The zero-order valence-electron chi connectivity index (χ0n) is 10.4. The average molecular weight is 229 g/mol. The first-order valence-electron chi connectivity index (χ1n) is 5.98. The molecule has 0 saturated carbocycles. The van der Waals surface area contributed by atoms with Gasteiger partial charge in [-0.15, -0.1) is 0 Å². The van der Waals surface area contributed by atoms with Gasteiger partial charge in [0.25, 0.3) is 0 Å². The van der Waals surface area contributed by atoms with Crippen LogP contribution in [0.25, 0.3) is 0 Å². The molecule has 0 amide bonds. The van der Waals surface area contributed by atoms with Gasteiger partial charge in [-0.25, -0.2) is 0 Å². The Bertz CT molecular complexity index is 251. The van der Waals surface area contributed by atoms with Crippen LogP contribution in [0.15, 0.2) is 0 Å². The van der Waals surface area contributed by atoms with Crippen molar-refractivity contribution in [1.29, 1.82) is 0 Å². The predicted molar refractivity (Wildman–Crippen MR) is 62.3 cm³/mol. The number of aliphatic hydroxyl groups is 1. The van der Waals surface area contributed by atoms with Gasteiger partial charge in [-0.3, -0.25) is 9.69 Å². The van der Waals surface area contributed by atoms with E-state index in [1.807, 2.05) is 0 Å². The number of aliphatic carboxylic acids is 1. The maximum absolute atomic E-state index is 11.1. The van der Waals surface area contributed by atoms with Gasteiger partial charge < -0.3 is 10.2 Å². The fraction of sp³-hybridized carbons (Fsp3) is 0.917. The van der Waals surface area contributed by atoms with E-state index in [-0.39, 0.29) is 6.10 Å². The Morgan fingerprint density at radius 2 is 2.19 bits per heavy atom. The van der Waals surface area contributed by atoms with Crippen LogP contribution < -0.4 is 0 Å². The molecule has 0 aromatic heterocycles. The monoisotopic (exact) mass is 229 g/mol. The zero-order valence-corrected chi connectivity index (χ0v) is 10.4. The number of aliphatic hydroxyl groups excluding tert-OH is 1. The second-order valence-corrected chi connectivity index (χ2v) is 5.54. The lowest BCUT2D eigenvalue weighted by molar-refractivity contribution is -0.148. The number of nitrogens with zero attached hydrogens (tertiary/aromatic N) is 1. The molecule has 1 saturated heterocycles. The molecule has 2 unspecified atom stereocenters. The van der Waals surface area contributed by atoms with Crippen LogP contribution in [-0.4, -0.2) is 46.3 Å². The van der Waals surface area contributed by atoms with Crippen molar-refractivity contribution >= 4 is 5.97 Å². The summed E-state index contributed by atoms with van der Waals surface area (Å²) >= 11 is 0. The van der Waals surface area contributed by atoms with Crippen molar-refractivity contribution in [3.05, 3.63) is 0 Å². The molecule has 0 aliphatic carbocycles. The molecule has 1 aliphatic heterocycles. The van der Waals surface area contributed by atoms with Gasteiger partial charge in [0.05, 0.1) is 11.5 Å². The van der Waals surface area contributed by atoms with Crippen molar-refractivity contribution in [3.63, 3.8) is 0 Å². The highest BCUT2D eigenvalue weighted by Gasteiger charge is 2.34. The minimum Gasteiger partial charge on any atom is -0.481 e. The molecule has 4 nitrogen and oxygen atoms in total. The van der Waals surface area contributed by atoms with E-state index in [9.17, 15) is 9.90 Å². The molecule has 1 fully saturated rings. The normalized spacial score (nSPS) is 24.6. The van der Waals surface area contributed by atoms with Gasteiger partial charge in [0, 0.05) is 12.6 Å². The van der Waals surface area contributed by atoms with Gasteiger partial charge in [0.15, 0.2) is 0 Å². The smallest absolute Gasteiger partial charge is 0.310 e. The zero-order chi connectivity index (χ0) is 12.3. The quantitative estimate of drug-likeness (QED) is 0.746. The highest BCUT2D eigenvalue weighted by atomic mass is 16.4. The summed E-state index contributed by atoms with van der Waals surface area (Å²) in [6.07, 6.45) is 2.61. The van der Waals surface area contributed by atoms with Crippen LogP contribution in [0, 0.1) is 5.41 Å². The molecule has 1 aliphatic rings. The molecular formula is C12H23NO3. The largest absolute Gasteiger partial charge is 0.481 e. The number of hydrogen-bond acceptors (Lipinski definition) is 3. The summed E-state index contributed by atoms with van der Waals surface area (Å²) in [7, 11) is 0. The van der Waals surface area contributed by atoms with E-state index in [2.05, 4.69) is 4.90 Å². The molecule has 0 bridgehead atoms. The standard InChI is InChI=1S/C12H23NO3/c1-9(14)7-10-5-4-6-13(10)8-12(2,3)11(15)16/h9-10,14H,4-8H2,1-3H3,(H,15,16). The van der Waals surface area contributed by atoms with Crippen LogP contribution in [0.3, 0.4) is 0 Å². The Balaban J connectivity index is 2.56. The second-order valence-electron chi connectivity index (χ2n) is 5.54. The van der Waals surface area contributed by atoms with Crippen LogP contribution in [0.1, 0.15) is 40.0 Å². The van der Waals surface area contributed by atoms with Crippen molar-refractivity contribution in [2.45, 2.75) is 52.2 Å². The van der Waals surface area contributed by atoms with Gasteiger partial charge in [-0.1, -0.05) is 0 Å². The Morgan fingerprint density at radius 3 is 2.69 bits per heavy atom. The van der Waals surface area contributed by atoms with Crippen LogP contribution in [-0.2, 0) is 4.79 Å². The predicted octanol–water partition coefficient (Wildman–Crippen LogP) is 1.33. The van der Waals surface area contributed by atoms with E-state index in [4.69, 9.17) is 5.11 Å². The van der Waals surface area contributed by atoms with Crippen molar-refractivity contribution in [1.82, 2.24) is 4.90 Å². The first-order chi connectivity index (χ1) is 7.33. The third kappa shape index (κ3) is 3.46. The third-order valence-corrected chi connectivity index (χ3v) is 3.29. The van der Waals surface area contributed by atoms with Crippen LogP contribution in [0.4, 0.5) is 0 Å². The fourth-order valence-electron chi connectivity index (χ4n) is 2.34. The third-order valence-electron chi connectivity index (χ3n) is 3.29. The van der Waals surface area contributed by atoms with Crippen LogP contribution in [0.2, 0.25) is 0 Å². The van der Waals surface area contributed by atoms with Gasteiger partial charge in [-0.2, -0.15) is 0 Å². The maximum atomic E-state index is 11.1. The molecule has 1 rings (SSSR count). The van der Waals surface area contributed by atoms with E-state index in [1.54, 1.807) is 20.8 Å². The fourth-order valence-corrected chi connectivity index (χ4v) is 2.34. The molecular weight excluding hydrogens is 206 g/mol. The molecule has 2 N–H and O–H groups in total. The van der Waals surface area contributed by atoms with Crippen molar-refractivity contribution in [3.8, 4) is 0 Å². The van der Waals surface area contributed by atoms with Gasteiger partial charge >= 0.3 is 5.97 Å². The number of likely N-dealkylation sites (tertiary alicyclic amines) is 1. The minimum atomic E-state index is -0.754. The molecule has 4 heteroatoms. The van der Waals surface area contributed by atoms with Crippen molar-refractivity contribution < 1.29 is 15.0 Å². The molecule has 1 heterocycles. The van der Waals surface area contributed by atoms with E-state index >= 15 is 0 Å². The van der Waals surface area contributed by atoms with E-state index in [0.717, 1.165) is 25.8 Å². The molecule has 0 aromatic carbocycles. The highest BCUT2D eigenvalue weighted by Crippen LogP contribution is 2.26. The average Bonchev–Trinajstić information content (AvgIpc) is 2.50. The SMILES string of the molecule is CC(O)CC1CCCN1CC(C)(C)C(=O)O. The molecule has 0 aromatic rings. The van der Waals surface area contributed by atoms with Crippen LogP contribution in [0.5, 0.6) is 0 Å². The highest BCUT2D eigenvalue weighted by molar-refractivity contribution is 5.73. The topological polar surface area (TPSA) is 60.8 Å². The summed E-state index contributed by atoms with van der Waals surface area (Å²) < 4.78 is 0. The van der Waals surface area contributed by atoms with Gasteiger partial charge in [0.2, 0.25) is 0 Å². The van der Waals surface area contributed by atoms with Crippen molar-refractivity contribution in [2.24, 2.45) is 5.41 Å². The van der Waals surface area contributed by atoms with Crippen LogP contribution >= 0.6 is 0 Å². The number of carboxylic acid groups (broad SMARTS) is 1. The number of carboxylic acids is 1. The lowest BCUT2D eigenvalue weighted by Crippen LogP contribution is -2.42. The molecule has 94 valence electrons. The first kappa shape index (κ1) is 13.5. The summed E-state index contributed by atoms with van der Waals surface area (Å²) in [5.41, 5.74) is -0.707. The van der Waals surface area contributed by atoms with E-state index in [0.29, 0.717) is 12.6 Å². The Hall–Kier alpha value is -0.610. The van der Waals surface area contributed by atoms with Crippen molar-refractivity contribution in [2.75, 3.05) is 13.1 Å². The molecule has 16 heavy (non-hydrogen) atoms. The van der Waals surface area contributed by atoms with Gasteiger partial charge in [0.1, 0.15) is 0 Å². The minimum absolute atomic E-state index is 0.307. The summed E-state index contributed by atoms with van der Waals surface area (Å²) in [6.45, 7) is 6.83. The molecule has 2 atom stereocenters. The Labute approximate surface area is 97.3 Å². The number of hydrogen-bond donors (Lipinski definition) is 2. The second kappa shape index (κ2) is 5.15. The Kier molecular flexibility index (Phi) is 4.33. The summed E-state index contributed by atoms with van der Waals surface area (Å²) in [5.74, 6) is -0.754. The lowest BCUT2D eigenvalue weighted by atomic mass is 9.92. The van der Waals surface area contributed by atoms with Gasteiger partial charge in [-0.05, 0) is 46.6 Å². The number of rotatable bonds is 5. The summed E-state index contributed by atoms with van der Waals surface area (Å²) in [4.78, 5) is 13.3. The Morgan fingerprint density at radius 1 is 1.56 bits per heavy atom. The van der Waals surface area contributed by atoms with E-state index in [1.165, 1.54) is 0 Å². The molecule has 0 radical (unpaired) electrons. The number of carbonyl (C=O) groups is 1. The van der Waals surface area contributed by atoms with E-state index < -0.39 is 11.4 Å². The molecule has 0 spiro atoms. The lowest BCUT2D eigenvalue weighted by Gasteiger charge is -2.31. The summed E-state index contributed by atoms with van der Waals surface area (Å²) in [5, 5.41) is 18.5. The summed E-state index contributed by atoms with van der Waals surface area (Å²) in [6, 6.07) is 0.346. The first-order valence-corrected chi connectivity index (χ1v) is 5.98.